The highest BCUT2D eigenvalue weighted by Gasteiger charge is 2.21. The number of benzene rings is 2. The SMILES string of the molecule is COc1cccc(C(O)c2c(C)c(Br)cc(C)c2OC)c1. The van der Waals surface area contributed by atoms with E-state index in [0.717, 1.165) is 32.5 Å². The van der Waals surface area contributed by atoms with Crippen molar-refractivity contribution in [2.24, 2.45) is 0 Å². The Morgan fingerprint density at radius 2 is 1.81 bits per heavy atom. The van der Waals surface area contributed by atoms with Gasteiger partial charge < -0.3 is 14.6 Å². The van der Waals surface area contributed by atoms with Gasteiger partial charge in [-0.15, -0.1) is 0 Å². The van der Waals surface area contributed by atoms with Gasteiger partial charge in [-0.25, -0.2) is 0 Å². The van der Waals surface area contributed by atoms with Crippen LogP contribution in [0, 0.1) is 13.8 Å². The molecule has 0 aliphatic heterocycles. The number of halogens is 1. The molecule has 2 aromatic rings. The normalized spacial score (nSPS) is 12.1. The first-order valence-electron chi connectivity index (χ1n) is 6.65. The molecule has 2 rings (SSSR count). The van der Waals surface area contributed by atoms with Crippen molar-refractivity contribution in [2.45, 2.75) is 20.0 Å². The Morgan fingerprint density at radius 3 is 2.43 bits per heavy atom. The molecule has 0 radical (unpaired) electrons. The lowest BCUT2D eigenvalue weighted by molar-refractivity contribution is 0.213. The highest BCUT2D eigenvalue weighted by atomic mass is 79.9. The molecule has 1 N–H and O–H groups in total. The van der Waals surface area contributed by atoms with Crippen LogP contribution in [0.3, 0.4) is 0 Å². The second-order valence-corrected chi connectivity index (χ2v) is 5.78. The zero-order valence-electron chi connectivity index (χ0n) is 12.6. The van der Waals surface area contributed by atoms with E-state index in [4.69, 9.17) is 9.47 Å². The van der Waals surface area contributed by atoms with Gasteiger partial charge in [0, 0.05) is 10.0 Å². The van der Waals surface area contributed by atoms with Crippen LogP contribution in [0.15, 0.2) is 34.8 Å². The second-order valence-electron chi connectivity index (χ2n) is 4.93. The van der Waals surface area contributed by atoms with Crippen LogP contribution in [0.5, 0.6) is 11.5 Å². The van der Waals surface area contributed by atoms with E-state index in [2.05, 4.69) is 15.9 Å². The van der Waals surface area contributed by atoms with Gasteiger partial charge >= 0.3 is 0 Å². The minimum atomic E-state index is -0.772. The third-order valence-electron chi connectivity index (χ3n) is 3.60. The van der Waals surface area contributed by atoms with Crippen molar-refractivity contribution in [1.29, 1.82) is 0 Å². The lowest BCUT2D eigenvalue weighted by Gasteiger charge is -2.21. The molecule has 0 aliphatic carbocycles. The Kier molecular flexibility index (Phi) is 4.91. The molecule has 21 heavy (non-hydrogen) atoms. The van der Waals surface area contributed by atoms with Gasteiger partial charge in [-0.05, 0) is 48.7 Å². The second kappa shape index (κ2) is 6.50. The number of hydrogen-bond donors (Lipinski definition) is 1. The third-order valence-corrected chi connectivity index (χ3v) is 4.42. The maximum Gasteiger partial charge on any atom is 0.128 e. The van der Waals surface area contributed by atoms with E-state index in [0.29, 0.717) is 5.75 Å². The maximum atomic E-state index is 10.8. The maximum absolute atomic E-state index is 10.8. The Hall–Kier alpha value is -1.52. The predicted molar refractivity (Wildman–Crippen MR) is 87.2 cm³/mol. The molecule has 112 valence electrons. The molecule has 0 saturated carbocycles. The van der Waals surface area contributed by atoms with Crippen LogP contribution in [0.25, 0.3) is 0 Å². The van der Waals surface area contributed by atoms with Crippen molar-refractivity contribution >= 4 is 15.9 Å². The van der Waals surface area contributed by atoms with Gasteiger partial charge in [0.05, 0.1) is 14.2 Å². The Balaban J connectivity index is 2.59. The molecule has 3 nitrogen and oxygen atoms in total. The molecule has 0 spiro atoms. The molecule has 0 fully saturated rings. The topological polar surface area (TPSA) is 38.7 Å². The van der Waals surface area contributed by atoms with Crippen LogP contribution >= 0.6 is 15.9 Å². The van der Waals surface area contributed by atoms with Crippen molar-refractivity contribution < 1.29 is 14.6 Å². The summed E-state index contributed by atoms with van der Waals surface area (Å²) in [5.41, 5.74) is 3.49. The van der Waals surface area contributed by atoms with Crippen molar-refractivity contribution in [2.75, 3.05) is 14.2 Å². The first kappa shape index (κ1) is 15.9. The molecule has 0 aliphatic rings. The molecule has 1 unspecified atom stereocenters. The summed E-state index contributed by atoms with van der Waals surface area (Å²) in [6.45, 7) is 3.93. The van der Waals surface area contributed by atoms with Gasteiger partial charge in [0.2, 0.25) is 0 Å². The van der Waals surface area contributed by atoms with E-state index in [1.54, 1.807) is 14.2 Å². The first-order valence-corrected chi connectivity index (χ1v) is 7.44. The molecule has 0 aromatic heterocycles. The number of aryl methyl sites for hydroxylation is 1. The van der Waals surface area contributed by atoms with E-state index in [1.165, 1.54) is 0 Å². The lowest BCUT2D eigenvalue weighted by atomic mass is 9.94. The average molecular weight is 351 g/mol. The third kappa shape index (κ3) is 3.06. The summed E-state index contributed by atoms with van der Waals surface area (Å²) < 4.78 is 11.7. The van der Waals surface area contributed by atoms with E-state index in [1.807, 2.05) is 44.2 Å². The minimum Gasteiger partial charge on any atom is -0.497 e. The first-order chi connectivity index (χ1) is 9.99. The monoisotopic (exact) mass is 350 g/mol. The highest BCUT2D eigenvalue weighted by Crippen LogP contribution is 2.39. The van der Waals surface area contributed by atoms with Crippen LogP contribution in [0.4, 0.5) is 0 Å². The number of aliphatic hydroxyl groups is 1. The van der Waals surface area contributed by atoms with Crippen LogP contribution in [-0.4, -0.2) is 19.3 Å². The molecule has 0 amide bonds. The number of hydrogen-bond acceptors (Lipinski definition) is 3. The summed E-state index contributed by atoms with van der Waals surface area (Å²) in [4.78, 5) is 0. The van der Waals surface area contributed by atoms with Gasteiger partial charge in [-0.2, -0.15) is 0 Å². The molecule has 4 heteroatoms. The van der Waals surface area contributed by atoms with Gasteiger partial charge in [-0.3, -0.25) is 0 Å². The summed E-state index contributed by atoms with van der Waals surface area (Å²) >= 11 is 3.54. The highest BCUT2D eigenvalue weighted by molar-refractivity contribution is 9.10. The van der Waals surface area contributed by atoms with Crippen LogP contribution in [-0.2, 0) is 0 Å². The number of aliphatic hydroxyl groups excluding tert-OH is 1. The van der Waals surface area contributed by atoms with Crippen molar-refractivity contribution in [3.8, 4) is 11.5 Å². The zero-order chi connectivity index (χ0) is 15.6. The fraction of sp³-hybridized carbons (Fsp3) is 0.294. The zero-order valence-corrected chi connectivity index (χ0v) is 14.2. The molecule has 0 bridgehead atoms. The number of ether oxygens (including phenoxy) is 2. The fourth-order valence-electron chi connectivity index (χ4n) is 2.45. The smallest absolute Gasteiger partial charge is 0.128 e. The Bertz CT molecular complexity index is 653. The van der Waals surface area contributed by atoms with E-state index < -0.39 is 6.10 Å². The van der Waals surface area contributed by atoms with E-state index in [-0.39, 0.29) is 0 Å². The Morgan fingerprint density at radius 1 is 1.10 bits per heavy atom. The summed E-state index contributed by atoms with van der Waals surface area (Å²) in [7, 11) is 3.23. The summed E-state index contributed by atoms with van der Waals surface area (Å²) in [6.07, 6.45) is -0.772. The van der Waals surface area contributed by atoms with Crippen LogP contribution < -0.4 is 9.47 Å². The van der Waals surface area contributed by atoms with Crippen LogP contribution in [0.1, 0.15) is 28.4 Å². The van der Waals surface area contributed by atoms with E-state index >= 15 is 0 Å². The molecule has 1 atom stereocenters. The van der Waals surface area contributed by atoms with Gasteiger partial charge in [0.1, 0.15) is 17.6 Å². The molecular formula is C17H19BrO3. The van der Waals surface area contributed by atoms with Gasteiger partial charge in [0.15, 0.2) is 0 Å². The van der Waals surface area contributed by atoms with Gasteiger partial charge in [0.25, 0.3) is 0 Å². The van der Waals surface area contributed by atoms with Crippen molar-refractivity contribution in [1.82, 2.24) is 0 Å². The number of rotatable bonds is 4. The molecule has 0 saturated heterocycles. The quantitative estimate of drug-likeness (QED) is 0.899. The lowest BCUT2D eigenvalue weighted by Crippen LogP contribution is -2.07. The standard InChI is InChI=1S/C17H19BrO3/c1-10-8-14(18)11(2)15(17(10)21-4)16(19)12-6-5-7-13(9-12)20-3/h5-9,16,19H,1-4H3. The largest absolute Gasteiger partial charge is 0.497 e. The van der Waals surface area contributed by atoms with Gasteiger partial charge in [-0.1, -0.05) is 28.1 Å². The fourth-order valence-corrected chi connectivity index (χ4v) is 3.01. The van der Waals surface area contributed by atoms with Crippen LogP contribution in [0.2, 0.25) is 0 Å². The van der Waals surface area contributed by atoms with E-state index in [9.17, 15) is 5.11 Å². The summed E-state index contributed by atoms with van der Waals surface area (Å²) in [6, 6.07) is 9.43. The number of methoxy groups -OCH3 is 2. The molecular weight excluding hydrogens is 332 g/mol. The Labute approximate surface area is 133 Å². The molecule has 2 aromatic carbocycles. The predicted octanol–water partition coefficient (Wildman–Crippen LogP) is 4.16. The minimum absolute atomic E-state index is 0.714. The summed E-state index contributed by atoms with van der Waals surface area (Å²) in [5.74, 6) is 1.43. The van der Waals surface area contributed by atoms with Crippen molar-refractivity contribution in [3.63, 3.8) is 0 Å². The summed E-state index contributed by atoms with van der Waals surface area (Å²) in [5, 5.41) is 10.8. The van der Waals surface area contributed by atoms with Crippen molar-refractivity contribution in [3.05, 3.63) is 57.1 Å². The average Bonchev–Trinajstić information content (AvgIpc) is 2.50. The molecule has 0 heterocycles.